The summed E-state index contributed by atoms with van der Waals surface area (Å²) in [6, 6.07) is 0.898. The number of likely N-dealkylation sites (tertiary alicyclic amines) is 2. The fourth-order valence-electron chi connectivity index (χ4n) is 4.89. The van der Waals surface area contributed by atoms with Gasteiger partial charge in [-0.05, 0) is 45.2 Å². The van der Waals surface area contributed by atoms with Crippen LogP contribution in [0.4, 0.5) is 0 Å². The monoisotopic (exact) mass is 344 g/mol. The first-order valence-corrected chi connectivity index (χ1v) is 9.52. The Morgan fingerprint density at radius 3 is 2.68 bits per heavy atom. The largest absolute Gasteiger partial charge is 0.381 e. The van der Waals surface area contributed by atoms with E-state index in [1.807, 2.05) is 18.1 Å². The molecule has 3 saturated heterocycles. The minimum atomic E-state index is -0.150. The zero-order valence-corrected chi connectivity index (χ0v) is 15.1. The van der Waals surface area contributed by atoms with E-state index in [9.17, 15) is 4.79 Å². The third-order valence-corrected chi connectivity index (χ3v) is 6.47. The van der Waals surface area contributed by atoms with Crippen LogP contribution in [0.3, 0.4) is 0 Å². The zero-order chi connectivity index (χ0) is 17.3. The van der Waals surface area contributed by atoms with E-state index in [-0.39, 0.29) is 11.5 Å². The Morgan fingerprint density at radius 2 is 2.00 bits per heavy atom. The van der Waals surface area contributed by atoms with E-state index in [0.717, 1.165) is 70.5 Å². The van der Waals surface area contributed by atoms with Gasteiger partial charge in [-0.3, -0.25) is 14.8 Å². The molecule has 0 aromatic carbocycles. The lowest BCUT2D eigenvalue weighted by molar-refractivity contribution is -0.138. The molecule has 0 radical (unpaired) electrons. The summed E-state index contributed by atoms with van der Waals surface area (Å²) in [5.41, 5.74) is 0.826. The summed E-state index contributed by atoms with van der Waals surface area (Å²) in [4.78, 5) is 26.1. The van der Waals surface area contributed by atoms with Crippen LogP contribution in [0.25, 0.3) is 0 Å². The highest BCUT2D eigenvalue weighted by Crippen LogP contribution is 2.45. The van der Waals surface area contributed by atoms with E-state index < -0.39 is 0 Å². The molecule has 3 aliphatic rings. The number of piperidine rings is 1. The van der Waals surface area contributed by atoms with Crippen LogP contribution in [0.1, 0.15) is 37.8 Å². The van der Waals surface area contributed by atoms with Gasteiger partial charge in [-0.25, -0.2) is 0 Å². The molecule has 0 saturated carbocycles. The van der Waals surface area contributed by atoms with Crippen molar-refractivity contribution in [1.29, 1.82) is 0 Å². The Morgan fingerprint density at radius 1 is 1.24 bits per heavy atom. The van der Waals surface area contributed by atoms with Crippen LogP contribution in [-0.2, 0) is 16.0 Å². The van der Waals surface area contributed by atoms with Gasteiger partial charge in [0.1, 0.15) is 0 Å². The molecular weight excluding hydrogens is 316 g/mol. The number of aromatic nitrogens is 2. The normalized spacial score (nSPS) is 28.0. The van der Waals surface area contributed by atoms with Crippen LogP contribution in [-0.4, -0.2) is 71.1 Å². The van der Waals surface area contributed by atoms with Crippen molar-refractivity contribution in [2.45, 2.75) is 50.6 Å². The van der Waals surface area contributed by atoms with E-state index >= 15 is 0 Å². The molecule has 3 fully saturated rings. The minimum absolute atomic E-state index is 0.150. The van der Waals surface area contributed by atoms with Gasteiger partial charge < -0.3 is 14.5 Å². The van der Waals surface area contributed by atoms with Crippen LogP contribution >= 0.6 is 0 Å². The van der Waals surface area contributed by atoms with E-state index in [0.29, 0.717) is 11.9 Å². The number of ether oxygens (including phenoxy) is 1. The highest BCUT2D eigenvalue weighted by molar-refractivity contribution is 5.85. The predicted molar refractivity (Wildman–Crippen MR) is 94.0 cm³/mol. The van der Waals surface area contributed by atoms with Gasteiger partial charge in [-0.1, -0.05) is 0 Å². The van der Waals surface area contributed by atoms with Gasteiger partial charge in [0, 0.05) is 57.4 Å². The van der Waals surface area contributed by atoms with Gasteiger partial charge in [0.15, 0.2) is 0 Å². The second-order valence-electron chi connectivity index (χ2n) is 7.83. The second-order valence-corrected chi connectivity index (χ2v) is 7.83. The average molecular weight is 344 g/mol. The molecule has 0 unspecified atom stereocenters. The molecular formula is C19H28N4O2. The fraction of sp³-hybridized carbons (Fsp3) is 0.737. The van der Waals surface area contributed by atoms with Gasteiger partial charge in [0.2, 0.25) is 5.91 Å². The molecule has 25 heavy (non-hydrogen) atoms. The first kappa shape index (κ1) is 16.9. The van der Waals surface area contributed by atoms with E-state index in [1.165, 1.54) is 0 Å². The Bertz CT molecular complexity index is 595. The van der Waals surface area contributed by atoms with Crippen molar-refractivity contribution in [3.05, 3.63) is 24.3 Å². The van der Waals surface area contributed by atoms with Crippen molar-refractivity contribution in [2.75, 3.05) is 33.4 Å². The topological polar surface area (TPSA) is 58.6 Å². The molecule has 4 heterocycles. The third kappa shape index (κ3) is 3.29. The first-order chi connectivity index (χ1) is 12.2. The Balaban J connectivity index is 1.40. The van der Waals surface area contributed by atoms with Crippen molar-refractivity contribution in [3.63, 3.8) is 0 Å². The Kier molecular flexibility index (Phi) is 4.73. The van der Waals surface area contributed by atoms with E-state index in [4.69, 9.17) is 4.74 Å². The molecule has 4 rings (SSSR count). The molecule has 0 aliphatic carbocycles. The van der Waals surface area contributed by atoms with Crippen LogP contribution in [0.5, 0.6) is 0 Å². The van der Waals surface area contributed by atoms with Crippen molar-refractivity contribution in [1.82, 2.24) is 19.8 Å². The maximum absolute atomic E-state index is 13.0. The molecule has 136 valence electrons. The summed E-state index contributed by atoms with van der Waals surface area (Å²) in [6.07, 6.45) is 11.3. The molecule has 1 spiro atoms. The molecule has 0 N–H and O–H groups in total. The number of nitrogens with zero attached hydrogens (tertiary/aromatic N) is 4. The van der Waals surface area contributed by atoms with Gasteiger partial charge in [-0.2, -0.15) is 0 Å². The van der Waals surface area contributed by atoms with Gasteiger partial charge in [0.25, 0.3) is 0 Å². The molecule has 1 aromatic rings. The van der Waals surface area contributed by atoms with Crippen LogP contribution in [0.15, 0.2) is 18.6 Å². The third-order valence-electron chi connectivity index (χ3n) is 6.47. The predicted octanol–water partition coefficient (Wildman–Crippen LogP) is 1.51. The second kappa shape index (κ2) is 7.00. The van der Waals surface area contributed by atoms with E-state index in [1.54, 1.807) is 12.4 Å². The van der Waals surface area contributed by atoms with Gasteiger partial charge in [0.05, 0.1) is 11.1 Å². The molecule has 1 aromatic heterocycles. The highest BCUT2D eigenvalue weighted by Gasteiger charge is 2.51. The summed E-state index contributed by atoms with van der Waals surface area (Å²) in [6.45, 7) is 3.85. The maximum Gasteiger partial charge on any atom is 0.228 e. The van der Waals surface area contributed by atoms with Gasteiger partial charge >= 0.3 is 0 Å². The summed E-state index contributed by atoms with van der Waals surface area (Å²) in [5.74, 6) is 0.341. The maximum atomic E-state index is 13.0. The summed E-state index contributed by atoms with van der Waals surface area (Å²) >= 11 is 0. The number of carbonyl (C=O) groups excluding carboxylic acids is 1. The van der Waals surface area contributed by atoms with Gasteiger partial charge in [-0.15, -0.1) is 0 Å². The lowest BCUT2D eigenvalue weighted by Crippen LogP contribution is -2.49. The van der Waals surface area contributed by atoms with Crippen molar-refractivity contribution < 1.29 is 9.53 Å². The number of hydrogen-bond donors (Lipinski definition) is 0. The Labute approximate surface area is 149 Å². The molecule has 3 aliphatic heterocycles. The highest BCUT2D eigenvalue weighted by atomic mass is 16.5. The SMILES string of the molecule is CN1C(=O)C2(CCN(C3CCOCC3)CC2)C[C@H]1Cc1cnccn1. The summed E-state index contributed by atoms with van der Waals surface area (Å²) in [5, 5.41) is 0. The van der Waals surface area contributed by atoms with Crippen molar-refractivity contribution in [2.24, 2.45) is 5.41 Å². The first-order valence-electron chi connectivity index (χ1n) is 9.52. The standard InChI is InChI=1S/C19H28N4O2/c1-22-17(12-15-14-20-6-7-21-15)13-19(18(22)24)4-8-23(9-5-19)16-2-10-25-11-3-16/h6-7,14,16-17H,2-5,8-13H2,1H3/t17-/m1/s1. The molecule has 6 nitrogen and oxygen atoms in total. The van der Waals surface area contributed by atoms with Crippen LogP contribution in [0, 0.1) is 5.41 Å². The van der Waals surface area contributed by atoms with Crippen molar-refractivity contribution in [3.8, 4) is 0 Å². The number of hydrogen-bond acceptors (Lipinski definition) is 5. The zero-order valence-electron chi connectivity index (χ0n) is 15.1. The molecule has 1 atom stereocenters. The summed E-state index contributed by atoms with van der Waals surface area (Å²) in [7, 11) is 1.96. The number of amides is 1. The van der Waals surface area contributed by atoms with E-state index in [2.05, 4.69) is 14.9 Å². The lowest BCUT2D eigenvalue weighted by atomic mass is 9.75. The summed E-state index contributed by atoms with van der Waals surface area (Å²) < 4.78 is 5.49. The van der Waals surface area contributed by atoms with Crippen LogP contribution < -0.4 is 0 Å². The average Bonchev–Trinajstić information content (AvgIpc) is 2.89. The lowest BCUT2D eigenvalue weighted by Gasteiger charge is -2.42. The number of rotatable bonds is 3. The number of likely N-dealkylation sites (N-methyl/N-ethyl adjacent to an activating group) is 1. The molecule has 6 heteroatoms. The number of carbonyl (C=O) groups is 1. The van der Waals surface area contributed by atoms with Crippen LogP contribution in [0.2, 0.25) is 0 Å². The molecule has 1 amide bonds. The van der Waals surface area contributed by atoms with Crippen molar-refractivity contribution >= 4 is 5.91 Å². The fourth-order valence-corrected chi connectivity index (χ4v) is 4.89. The molecule has 0 bridgehead atoms. The Hall–Kier alpha value is -1.53. The quantitative estimate of drug-likeness (QED) is 0.832. The smallest absolute Gasteiger partial charge is 0.228 e. The minimum Gasteiger partial charge on any atom is -0.381 e.